The topological polar surface area (TPSA) is 64.1 Å². The van der Waals surface area contributed by atoms with E-state index >= 15 is 0 Å². The van der Waals surface area contributed by atoms with Gasteiger partial charge in [0.05, 0.1) is 19.4 Å². The van der Waals surface area contributed by atoms with Gasteiger partial charge in [-0.25, -0.2) is 0 Å². The van der Waals surface area contributed by atoms with Crippen LogP contribution in [-0.4, -0.2) is 32.2 Å². The smallest absolute Gasteiger partial charge is 0.200 e. The van der Waals surface area contributed by atoms with Gasteiger partial charge in [-0.05, 0) is 17.7 Å². The minimum atomic E-state index is 0.110. The van der Waals surface area contributed by atoms with Gasteiger partial charge in [0, 0.05) is 5.75 Å². The van der Waals surface area contributed by atoms with E-state index in [1.165, 1.54) is 11.8 Å². The van der Waals surface area contributed by atoms with Gasteiger partial charge in [-0.1, -0.05) is 42.1 Å². The number of hydrogen-bond donors (Lipinski definition) is 1. The molecule has 0 saturated carbocycles. The van der Waals surface area contributed by atoms with Crippen LogP contribution in [0.25, 0.3) is 11.6 Å². The second kappa shape index (κ2) is 6.60. The number of hydrogen-bond acceptors (Lipinski definition) is 5. The zero-order chi connectivity index (χ0) is 14.5. The molecule has 0 fully saturated rings. The third kappa shape index (κ3) is 3.17. The highest BCUT2D eigenvalue weighted by atomic mass is 32.2. The molecule has 3 aromatic rings. The van der Waals surface area contributed by atoms with Crippen molar-refractivity contribution in [1.82, 2.24) is 14.8 Å². The van der Waals surface area contributed by atoms with Gasteiger partial charge in [-0.2, -0.15) is 0 Å². The molecule has 0 aliphatic rings. The first-order valence-electron chi connectivity index (χ1n) is 6.63. The van der Waals surface area contributed by atoms with Crippen LogP contribution in [0, 0.1) is 0 Å². The van der Waals surface area contributed by atoms with E-state index in [0.29, 0.717) is 23.9 Å². The highest BCUT2D eigenvalue weighted by molar-refractivity contribution is 7.99. The van der Waals surface area contributed by atoms with Gasteiger partial charge in [0.15, 0.2) is 10.9 Å². The summed E-state index contributed by atoms with van der Waals surface area (Å²) in [6.07, 6.45) is 1.62. The van der Waals surface area contributed by atoms with E-state index in [1.54, 1.807) is 6.26 Å². The summed E-state index contributed by atoms with van der Waals surface area (Å²) in [5.41, 5.74) is 1.16. The van der Waals surface area contributed by atoms with Crippen molar-refractivity contribution < 1.29 is 9.52 Å². The number of furan rings is 1. The molecule has 2 aromatic heterocycles. The molecule has 5 nitrogen and oxygen atoms in total. The van der Waals surface area contributed by atoms with E-state index in [-0.39, 0.29) is 6.61 Å². The predicted molar refractivity (Wildman–Crippen MR) is 81.1 cm³/mol. The second-order valence-corrected chi connectivity index (χ2v) is 5.49. The largest absolute Gasteiger partial charge is 0.461 e. The van der Waals surface area contributed by atoms with Crippen LogP contribution in [-0.2, 0) is 6.54 Å². The number of rotatable bonds is 6. The van der Waals surface area contributed by atoms with E-state index < -0.39 is 0 Å². The Kier molecular flexibility index (Phi) is 4.37. The zero-order valence-corrected chi connectivity index (χ0v) is 12.2. The number of nitrogens with zero attached hydrogens (tertiary/aromatic N) is 3. The molecule has 0 aliphatic heterocycles. The maximum absolute atomic E-state index is 9.00. The number of aliphatic hydroxyl groups is 1. The number of aliphatic hydroxyl groups excluding tert-OH is 1. The summed E-state index contributed by atoms with van der Waals surface area (Å²) in [7, 11) is 0. The van der Waals surface area contributed by atoms with Crippen LogP contribution in [0.15, 0.2) is 58.3 Å². The molecular weight excluding hydrogens is 286 g/mol. The molecule has 2 heterocycles. The van der Waals surface area contributed by atoms with Crippen LogP contribution in [0.2, 0.25) is 0 Å². The van der Waals surface area contributed by atoms with Crippen molar-refractivity contribution in [1.29, 1.82) is 0 Å². The van der Waals surface area contributed by atoms with E-state index in [1.807, 2.05) is 34.9 Å². The molecule has 21 heavy (non-hydrogen) atoms. The Labute approximate surface area is 126 Å². The van der Waals surface area contributed by atoms with Crippen LogP contribution in [0.1, 0.15) is 5.56 Å². The molecule has 3 rings (SSSR count). The Morgan fingerprint density at radius 3 is 2.67 bits per heavy atom. The van der Waals surface area contributed by atoms with Crippen molar-refractivity contribution in [2.45, 2.75) is 11.7 Å². The van der Waals surface area contributed by atoms with Gasteiger partial charge in [0.25, 0.3) is 0 Å². The first kappa shape index (κ1) is 13.9. The molecule has 0 aliphatic carbocycles. The van der Waals surface area contributed by atoms with Gasteiger partial charge in [0.2, 0.25) is 5.82 Å². The Morgan fingerprint density at radius 2 is 1.95 bits per heavy atom. The van der Waals surface area contributed by atoms with E-state index in [0.717, 1.165) is 10.7 Å². The standard InChI is InChI=1S/C15H15N3O2S/c19-8-10-21-15-17-16-14(13-7-4-9-20-13)18(15)11-12-5-2-1-3-6-12/h1-7,9,19H,8,10-11H2. The average molecular weight is 301 g/mol. The molecule has 1 aromatic carbocycles. The van der Waals surface area contributed by atoms with Crippen LogP contribution >= 0.6 is 11.8 Å². The lowest BCUT2D eigenvalue weighted by molar-refractivity contribution is 0.322. The Balaban J connectivity index is 1.96. The summed E-state index contributed by atoms with van der Waals surface area (Å²) < 4.78 is 7.44. The maximum Gasteiger partial charge on any atom is 0.200 e. The molecule has 1 N–H and O–H groups in total. The van der Waals surface area contributed by atoms with Crippen LogP contribution in [0.5, 0.6) is 0 Å². The Hall–Kier alpha value is -2.05. The quantitative estimate of drug-likeness (QED) is 0.709. The van der Waals surface area contributed by atoms with Gasteiger partial charge in [-0.3, -0.25) is 4.57 Å². The Bertz CT molecular complexity index is 680. The molecule has 0 amide bonds. The molecule has 0 atom stereocenters. The van der Waals surface area contributed by atoms with E-state index in [2.05, 4.69) is 22.3 Å². The van der Waals surface area contributed by atoms with Gasteiger partial charge < -0.3 is 9.52 Å². The lowest BCUT2D eigenvalue weighted by atomic mass is 10.2. The third-order valence-corrected chi connectivity index (χ3v) is 3.91. The fourth-order valence-electron chi connectivity index (χ4n) is 2.03. The number of benzene rings is 1. The molecule has 6 heteroatoms. The summed E-state index contributed by atoms with van der Waals surface area (Å²) in [6, 6.07) is 13.8. The molecular formula is C15H15N3O2S. The van der Waals surface area contributed by atoms with Crippen molar-refractivity contribution in [3.63, 3.8) is 0 Å². The minimum Gasteiger partial charge on any atom is -0.461 e. The lowest BCUT2D eigenvalue weighted by Gasteiger charge is -2.08. The molecule has 0 spiro atoms. The molecule has 108 valence electrons. The Morgan fingerprint density at radius 1 is 1.10 bits per heavy atom. The van der Waals surface area contributed by atoms with E-state index in [4.69, 9.17) is 9.52 Å². The first-order valence-corrected chi connectivity index (χ1v) is 7.61. The predicted octanol–water partition coefficient (Wildman–Crippen LogP) is 2.67. The lowest BCUT2D eigenvalue weighted by Crippen LogP contribution is -2.04. The SMILES string of the molecule is OCCSc1nnc(-c2ccco2)n1Cc1ccccc1. The first-order chi connectivity index (χ1) is 10.4. The van der Waals surface area contributed by atoms with Gasteiger partial charge in [-0.15, -0.1) is 10.2 Å². The maximum atomic E-state index is 9.00. The van der Waals surface area contributed by atoms with Crippen molar-refractivity contribution >= 4 is 11.8 Å². The van der Waals surface area contributed by atoms with Gasteiger partial charge in [0.1, 0.15) is 0 Å². The second-order valence-electron chi connectivity index (χ2n) is 4.43. The van der Waals surface area contributed by atoms with Gasteiger partial charge >= 0.3 is 0 Å². The minimum absolute atomic E-state index is 0.110. The van der Waals surface area contributed by atoms with Crippen LogP contribution in [0.3, 0.4) is 0 Å². The third-order valence-electron chi connectivity index (χ3n) is 2.96. The monoisotopic (exact) mass is 301 g/mol. The van der Waals surface area contributed by atoms with Crippen molar-refractivity contribution in [2.24, 2.45) is 0 Å². The van der Waals surface area contributed by atoms with Crippen LogP contribution in [0.4, 0.5) is 0 Å². The zero-order valence-electron chi connectivity index (χ0n) is 11.3. The normalized spacial score (nSPS) is 10.9. The summed E-state index contributed by atoms with van der Waals surface area (Å²) in [4.78, 5) is 0. The van der Waals surface area contributed by atoms with Crippen LogP contribution < -0.4 is 0 Å². The fourth-order valence-corrected chi connectivity index (χ4v) is 2.71. The molecule has 0 saturated heterocycles. The fraction of sp³-hybridized carbons (Fsp3) is 0.200. The average Bonchev–Trinajstić information content (AvgIpc) is 3.16. The highest BCUT2D eigenvalue weighted by Gasteiger charge is 2.16. The summed E-state index contributed by atoms with van der Waals surface area (Å²) in [6.45, 7) is 0.774. The molecule has 0 unspecified atom stereocenters. The van der Waals surface area contributed by atoms with E-state index in [9.17, 15) is 0 Å². The van der Waals surface area contributed by atoms with Crippen molar-refractivity contribution in [2.75, 3.05) is 12.4 Å². The van der Waals surface area contributed by atoms with Crippen molar-refractivity contribution in [3.8, 4) is 11.6 Å². The summed E-state index contributed by atoms with van der Waals surface area (Å²) in [5, 5.41) is 18.2. The summed E-state index contributed by atoms with van der Waals surface area (Å²) in [5.74, 6) is 1.98. The number of aromatic nitrogens is 3. The van der Waals surface area contributed by atoms with Crippen molar-refractivity contribution in [3.05, 3.63) is 54.3 Å². The number of thioether (sulfide) groups is 1. The summed E-state index contributed by atoms with van der Waals surface area (Å²) >= 11 is 1.48. The molecule has 0 bridgehead atoms. The molecule has 0 radical (unpaired) electrons. The highest BCUT2D eigenvalue weighted by Crippen LogP contribution is 2.25.